The molecular formula is C20H26N2O3. The summed E-state index contributed by atoms with van der Waals surface area (Å²) in [6, 6.07) is 11.7. The van der Waals surface area contributed by atoms with Crippen molar-refractivity contribution in [1.29, 1.82) is 0 Å². The lowest BCUT2D eigenvalue weighted by Crippen LogP contribution is -2.37. The molecule has 0 saturated carbocycles. The Morgan fingerprint density at radius 1 is 1.36 bits per heavy atom. The fourth-order valence-corrected chi connectivity index (χ4v) is 3.55. The first kappa shape index (κ1) is 17.7. The Kier molecular flexibility index (Phi) is 5.89. The average molecular weight is 342 g/mol. The topological polar surface area (TPSA) is 65.7 Å². The summed E-state index contributed by atoms with van der Waals surface area (Å²) < 4.78 is 5.28. The number of para-hydroxylation sites is 1. The van der Waals surface area contributed by atoms with Crippen molar-refractivity contribution in [1.82, 2.24) is 4.90 Å². The van der Waals surface area contributed by atoms with E-state index in [-0.39, 0.29) is 11.9 Å². The van der Waals surface area contributed by atoms with Gasteiger partial charge in [-0.2, -0.15) is 0 Å². The molecule has 1 aromatic carbocycles. The maximum absolute atomic E-state index is 12.5. The molecule has 25 heavy (non-hydrogen) atoms. The van der Waals surface area contributed by atoms with Gasteiger partial charge in [0.25, 0.3) is 0 Å². The van der Waals surface area contributed by atoms with Gasteiger partial charge in [-0.05, 0) is 56.0 Å². The highest BCUT2D eigenvalue weighted by molar-refractivity contribution is 5.93. The van der Waals surface area contributed by atoms with Gasteiger partial charge in [-0.1, -0.05) is 25.1 Å². The Hall–Kier alpha value is -2.11. The van der Waals surface area contributed by atoms with Crippen LogP contribution >= 0.6 is 0 Å². The Bertz CT molecular complexity index is 684. The molecule has 1 aliphatic rings. The molecule has 2 aromatic rings. The minimum Gasteiger partial charge on any atom is -0.467 e. The number of benzene rings is 1. The largest absolute Gasteiger partial charge is 0.467 e. The average Bonchev–Trinajstić information content (AvgIpc) is 3.28. The van der Waals surface area contributed by atoms with Gasteiger partial charge in [-0.15, -0.1) is 0 Å². The van der Waals surface area contributed by atoms with E-state index in [4.69, 9.17) is 4.42 Å². The lowest BCUT2D eigenvalue weighted by molar-refractivity contribution is -0.117. The van der Waals surface area contributed by atoms with E-state index in [2.05, 4.69) is 17.1 Å². The maximum Gasteiger partial charge on any atom is 0.238 e. The highest BCUT2D eigenvalue weighted by Gasteiger charge is 2.29. The zero-order valence-corrected chi connectivity index (χ0v) is 14.6. The summed E-state index contributed by atoms with van der Waals surface area (Å²) in [6.07, 6.45) is 4.48. The molecule has 5 nitrogen and oxygen atoms in total. The summed E-state index contributed by atoms with van der Waals surface area (Å²) in [7, 11) is 0. The highest BCUT2D eigenvalue weighted by atomic mass is 16.4. The number of carbonyl (C=O) groups is 1. The van der Waals surface area contributed by atoms with Crippen LogP contribution in [0.1, 0.15) is 43.6 Å². The molecule has 5 heteroatoms. The lowest BCUT2D eigenvalue weighted by Gasteiger charge is -2.25. The number of hydrogen-bond acceptors (Lipinski definition) is 4. The number of nitrogens with zero attached hydrogens (tertiary/aromatic N) is 1. The Morgan fingerprint density at radius 3 is 2.96 bits per heavy atom. The van der Waals surface area contributed by atoms with Gasteiger partial charge in [0.2, 0.25) is 5.91 Å². The zero-order chi connectivity index (χ0) is 17.6. The van der Waals surface area contributed by atoms with Crippen molar-refractivity contribution in [2.45, 2.75) is 44.8 Å². The molecule has 0 bridgehead atoms. The van der Waals surface area contributed by atoms with Crippen molar-refractivity contribution in [3.8, 4) is 0 Å². The van der Waals surface area contributed by atoms with Gasteiger partial charge in [-0.3, -0.25) is 9.69 Å². The number of aryl methyl sites for hydroxylation is 1. The molecule has 1 fully saturated rings. The van der Waals surface area contributed by atoms with Crippen LogP contribution < -0.4 is 5.32 Å². The van der Waals surface area contributed by atoms with Gasteiger partial charge in [0, 0.05) is 11.7 Å². The minimum absolute atomic E-state index is 0.000267. The van der Waals surface area contributed by atoms with Crippen LogP contribution in [0.4, 0.5) is 5.69 Å². The van der Waals surface area contributed by atoms with E-state index in [1.165, 1.54) is 0 Å². The molecule has 1 amide bonds. The van der Waals surface area contributed by atoms with Crippen LogP contribution in [0, 0.1) is 0 Å². The standard InChI is InChI=1S/C20H26N2O3/c1-2-15-7-3-4-9-17(15)21-20(24)14-22-11-5-8-16(22)13-18(23)19-10-6-12-25-19/h3-4,6-7,9-10,12,16,18,23H,2,5,8,11,13-14H2,1H3,(H,21,24). The third-order valence-electron chi connectivity index (χ3n) is 4.89. The summed E-state index contributed by atoms with van der Waals surface area (Å²) >= 11 is 0. The van der Waals surface area contributed by atoms with Crippen molar-refractivity contribution in [2.24, 2.45) is 0 Å². The number of hydrogen-bond donors (Lipinski definition) is 2. The molecule has 0 aliphatic carbocycles. The van der Waals surface area contributed by atoms with E-state index in [1.54, 1.807) is 18.4 Å². The van der Waals surface area contributed by atoms with Crippen LogP contribution in [-0.4, -0.2) is 35.0 Å². The van der Waals surface area contributed by atoms with Crippen LogP contribution in [0.25, 0.3) is 0 Å². The van der Waals surface area contributed by atoms with Gasteiger partial charge in [-0.25, -0.2) is 0 Å². The van der Waals surface area contributed by atoms with E-state index >= 15 is 0 Å². The summed E-state index contributed by atoms with van der Waals surface area (Å²) in [6.45, 7) is 3.32. The Balaban J connectivity index is 1.56. The molecule has 2 heterocycles. The number of aliphatic hydroxyl groups is 1. The second-order valence-electron chi connectivity index (χ2n) is 6.59. The van der Waals surface area contributed by atoms with Gasteiger partial charge >= 0.3 is 0 Å². The number of nitrogens with one attached hydrogen (secondary N) is 1. The maximum atomic E-state index is 12.5. The Labute approximate surface area is 148 Å². The first-order chi connectivity index (χ1) is 12.2. The Morgan fingerprint density at radius 2 is 2.20 bits per heavy atom. The fourth-order valence-electron chi connectivity index (χ4n) is 3.55. The fraction of sp³-hybridized carbons (Fsp3) is 0.450. The summed E-state index contributed by atoms with van der Waals surface area (Å²) in [5.74, 6) is 0.591. The summed E-state index contributed by atoms with van der Waals surface area (Å²) in [5, 5.41) is 13.3. The molecule has 0 radical (unpaired) electrons. The van der Waals surface area contributed by atoms with Gasteiger partial charge in [0.1, 0.15) is 11.9 Å². The van der Waals surface area contributed by atoms with Crippen LogP contribution in [0.5, 0.6) is 0 Å². The first-order valence-electron chi connectivity index (χ1n) is 9.00. The molecule has 2 atom stereocenters. The quantitative estimate of drug-likeness (QED) is 0.810. The SMILES string of the molecule is CCc1ccccc1NC(=O)CN1CCCC1CC(O)c1ccco1. The van der Waals surface area contributed by atoms with E-state index in [0.29, 0.717) is 18.7 Å². The van der Waals surface area contributed by atoms with Gasteiger partial charge in [0.15, 0.2) is 0 Å². The number of furan rings is 1. The second kappa shape index (κ2) is 8.32. The normalized spacial score (nSPS) is 19.0. The van der Waals surface area contributed by atoms with Crippen molar-refractivity contribution in [3.05, 3.63) is 54.0 Å². The smallest absolute Gasteiger partial charge is 0.238 e. The molecule has 3 rings (SSSR count). The van der Waals surface area contributed by atoms with Crippen LogP contribution in [-0.2, 0) is 11.2 Å². The minimum atomic E-state index is -0.621. The van der Waals surface area contributed by atoms with Crippen molar-refractivity contribution in [2.75, 3.05) is 18.4 Å². The van der Waals surface area contributed by atoms with Crippen LogP contribution in [0.2, 0.25) is 0 Å². The zero-order valence-electron chi connectivity index (χ0n) is 14.6. The number of anilines is 1. The molecule has 1 aliphatic heterocycles. The lowest BCUT2D eigenvalue weighted by atomic mass is 10.1. The molecule has 0 spiro atoms. The summed E-state index contributed by atoms with van der Waals surface area (Å²) in [5.41, 5.74) is 2.03. The van der Waals surface area contributed by atoms with E-state index in [9.17, 15) is 9.90 Å². The second-order valence-corrected chi connectivity index (χ2v) is 6.59. The number of aliphatic hydroxyl groups excluding tert-OH is 1. The number of amides is 1. The van der Waals surface area contributed by atoms with E-state index in [0.717, 1.165) is 37.1 Å². The van der Waals surface area contributed by atoms with E-state index < -0.39 is 6.10 Å². The van der Waals surface area contributed by atoms with Gasteiger partial charge < -0.3 is 14.8 Å². The molecule has 1 saturated heterocycles. The summed E-state index contributed by atoms with van der Waals surface area (Å²) in [4.78, 5) is 14.6. The van der Waals surface area contributed by atoms with Crippen LogP contribution in [0.15, 0.2) is 47.1 Å². The molecule has 1 aromatic heterocycles. The van der Waals surface area contributed by atoms with Crippen molar-refractivity contribution < 1.29 is 14.3 Å². The van der Waals surface area contributed by atoms with Crippen LogP contribution in [0.3, 0.4) is 0 Å². The molecule has 2 unspecified atom stereocenters. The van der Waals surface area contributed by atoms with Gasteiger partial charge in [0.05, 0.1) is 12.8 Å². The predicted octanol–water partition coefficient (Wildman–Crippen LogP) is 3.37. The first-order valence-corrected chi connectivity index (χ1v) is 9.00. The predicted molar refractivity (Wildman–Crippen MR) is 97.3 cm³/mol. The van der Waals surface area contributed by atoms with Crippen molar-refractivity contribution in [3.63, 3.8) is 0 Å². The molecule has 134 valence electrons. The number of rotatable bonds is 7. The third-order valence-corrected chi connectivity index (χ3v) is 4.89. The molecule has 2 N–H and O–H groups in total. The number of likely N-dealkylation sites (tertiary alicyclic amines) is 1. The molecular weight excluding hydrogens is 316 g/mol. The highest BCUT2D eigenvalue weighted by Crippen LogP contribution is 2.27. The van der Waals surface area contributed by atoms with Crippen molar-refractivity contribution >= 4 is 11.6 Å². The number of carbonyl (C=O) groups excluding carboxylic acids is 1. The third kappa shape index (κ3) is 4.50. The van der Waals surface area contributed by atoms with E-state index in [1.807, 2.05) is 24.3 Å². The monoisotopic (exact) mass is 342 g/mol.